The second-order valence-corrected chi connectivity index (χ2v) is 4.80. The van der Waals surface area contributed by atoms with Crippen molar-refractivity contribution in [2.24, 2.45) is 12.8 Å². The standard InChI is InChI=1S/C12H13ClN2/c1-15-6-10(9-5-11(9)14)8-3-2-7(13)4-12(8)15/h2-4,6,9,11H,5,14H2,1H3. The number of halogens is 1. The summed E-state index contributed by atoms with van der Waals surface area (Å²) in [6.07, 6.45) is 3.29. The predicted octanol–water partition coefficient (Wildman–Crippen LogP) is 2.65. The highest BCUT2D eigenvalue weighted by Crippen LogP contribution is 2.43. The van der Waals surface area contributed by atoms with E-state index in [1.54, 1.807) is 0 Å². The molecule has 0 aliphatic heterocycles. The first-order valence-electron chi connectivity index (χ1n) is 5.17. The Morgan fingerprint density at radius 3 is 2.87 bits per heavy atom. The third kappa shape index (κ3) is 1.36. The van der Waals surface area contributed by atoms with Gasteiger partial charge in [-0.3, -0.25) is 0 Å². The zero-order chi connectivity index (χ0) is 10.6. The highest BCUT2D eigenvalue weighted by atomic mass is 35.5. The lowest BCUT2D eigenvalue weighted by molar-refractivity contribution is 0.938. The van der Waals surface area contributed by atoms with Crippen molar-refractivity contribution in [1.82, 2.24) is 4.57 Å². The van der Waals surface area contributed by atoms with Gasteiger partial charge in [-0.1, -0.05) is 17.7 Å². The van der Waals surface area contributed by atoms with Gasteiger partial charge < -0.3 is 10.3 Å². The third-order valence-electron chi connectivity index (χ3n) is 3.22. The van der Waals surface area contributed by atoms with E-state index in [4.69, 9.17) is 17.3 Å². The molecule has 1 aromatic carbocycles. The van der Waals surface area contributed by atoms with Crippen LogP contribution in [-0.4, -0.2) is 10.6 Å². The smallest absolute Gasteiger partial charge is 0.0495 e. The Kier molecular flexibility index (Phi) is 1.85. The zero-order valence-electron chi connectivity index (χ0n) is 8.57. The molecule has 1 saturated carbocycles. The molecule has 2 atom stereocenters. The normalized spacial score (nSPS) is 24.7. The summed E-state index contributed by atoms with van der Waals surface area (Å²) in [6, 6.07) is 6.40. The third-order valence-corrected chi connectivity index (χ3v) is 3.46. The van der Waals surface area contributed by atoms with Crippen LogP contribution in [0.25, 0.3) is 10.9 Å². The summed E-state index contributed by atoms with van der Waals surface area (Å²) in [6.45, 7) is 0. The minimum absolute atomic E-state index is 0.353. The summed E-state index contributed by atoms with van der Waals surface area (Å²) in [5, 5.41) is 2.08. The predicted molar refractivity (Wildman–Crippen MR) is 63.3 cm³/mol. The SMILES string of the molecule is Cn1cc(C2CC2N)c2ccc(Cl)cc21. The molecule has 0 amide bonds. The lowest BCUT2D eigenvalue weighted by Gasteiger charge is -1.97. The van der Waals surface area contributed by atoms with Crippen molar-refractivity contribution in [3.63, 3.8) is 0 Å². The van der Waals surface area contributed by atoms with Crippen LogP contribution < -0.4 is 5.73 Å². The summed E-state index contributed by atoms with van der Waals surface area (Å²) < 4.78 is 2.13. The highest BCUT2D eigenvalue weighted by molar-refractivity contribution is 6.31. The molecular weight excluding hydrogens is 208 g/mol. The van der Waals surface area contributed by atoms with Crippen molar-refractivity contribution >= 4 is 22.5 Å². The molecule has 2 aromatic rings. The molecule has 2 N–H and O–H groups in total. The number of aromatic nitrogens is 1. The van der Waals surface area contributed by atoms with Crippen LogP contribution in [0.3, 0.4) is 0 Å². The minimum atomic E-state index is 0.353. The van der Waals surface area contributed by atoms with Gasteiger partial charge in [-0.05, 0) is 24.1 Å². The number of rotatable bonds is 1. The molecule has 0 radical (unpaired) electrons. The maximum Gasteiger partial charge on any atom is 0.0495 e. The highest BCUT2D eigenvalue weighted by Gasteiger charge is 2.36. The number of nitrogens with two attached hydrogens (primary N) is 1. The van der Waals surface area contributed by atoms with Crippen molar-refractivity contribution in [1.29, 1.82) is 0 Å². The Bertz CT molecular complexity index is 530. The Labute approximate surface area is 93.6 Å². The maximum absolute atomic E-state index is 5.99. The fourth-order valence-corrected chi connectivity index (χ4v) is 2.42. The summed E-state index contributed by atoms with van der Waals surface area (Å²) in [5.74, 6) is 0.551. The zero-order valence-corrected chi connectivity index (χ0v) is 9.33. The minimum Gasteiger partial charge on any atom is -0.350 e. The van der Waals surface area contributed by atoms with Gasteiger partial charge in [0.1, 0.15) is 0 Å². The van der Waals surface area contributed by atoms with E-state index in [-0.39, 0.29) is 0 Å². The molecule has 0 saturated heterocycles. The molecule has 78 valence electrons. The molecule has 1 aliphatic rings. The molecule has 3 rings (SSSR count). The van der Waals surface area contributed by atoms with E-state index >= 15 is 0 Å². The van der Waals surface area contributed by atoms with E-state index < -0.39 is 0 Å². The fraction of sp³-hybridized carbons (Fsp3) is 0.333. The van der Waals surface area contributed by atoms with E-state index in [9.17, 15) is 0 Å². The number of benzene rings is 1. The van der Waals surface area contributed by atoms with Gasteiger partial charge in [0.2, 0.25) is 0 Å². The van der Waals surface area contributed by atoms with Gasteiger partial charge in [0.05, 0.1) is 0 Å². The molecule has 0 spiro atoms. The van der Waals surface area contributed by atoms with Gasteiger partial charge in [0, 0.05) is 41.1 Å². The molecule has 1 aliphatic carbocycles. The van der Waals surface area contributed by atoms with Crippen LogP contribution in [0.2, 0.25) is 5.02 Å². The van der Waals surface area contributed by atoms with E-state index in [2.05, 4.69) is 23.9 Å². The molecule has 0 bridgehead atoms. The van der Waals surface area contributed by atoms with Gasteiger partial charge in [-0.15, -0.1) is 0 Å². The summed E-state index contributed by atoms with van der Waals surface area (Å²) in [5.41, 5.74) is 8.46. The van der Waals surface area contributed by atoms with E-state index in [1.807, 2.05) is 12.1 Å². The molecule has 3 heteroatoms. The van der Waals surface area contributed by atoms with Crippen molar-refractivity contribution in [2.75, 3.05) is 0 Å². The summed E-state index contributed by atoms with van der Waals surface area (Å²) >= 11 is 5.99. The largest absolute Gasteiger partial charge is 0.350 e. The number of aryl methyl sites for hydroxylation is 1. The quantitative estimate of drug-likeness (QED) is 0.787. The second kappa shape index (κ2) is 3.00. The number of nitrogens with zero attached hydrogens (tertiary/aromatic N) is 1. The van der Waals surface area contributed by atoms with E-state index in [0.29, 0.717) is 12.0 Å². The van der Waals surface area contributed by atoms with Crippen molar-refractivity contribution < 1.29 is 0 Å². The first kappa shape index (κ1) is 9.25. The summed E-state index contributed by atoms with van der Waals surface area (Å²) in [7, 11) is 2.05. The van der Waals surface area contributed by atoms with Crippen molar-refractivity contribution in [3.8, 4) is 0 Å². The van der Waals surface area contributed by atoms with Crippen LogP contribution in [0.5, 0.6) is 0 Å². The van der Waals surface area contributed by atoms with Crippen molar-refractivity contribution in [2.45, 2.75) is 18.4 Å². The van der Waals surface area contributed by atoms with Crippen LogP contribution in [0.1, 0.15) is 17.9 Å². The van der Waals surface area contributed by atoms with Crippen LogP contribution in [0.15, 0.2) is 24.4 Å². The van der Waals surface area contributed by atoms with Crippen molar-refractivity contribution in [3.05, 3.63) is 35.0 Å². The Balaban J connectivity index is 2.24. The van der Waals surface area contributed by atoms with Gasteiger partial charge in [-0.25, -0.2) is 0 Å². The first-order chi connectivity index (χ1) is 7.16. The van der Waals surface area contributed by atoms with Crippen LogP contribution in [0, 0.1) is 0 Å². The average molecular weight is 221 g/mol. The molecule has 2 unspecified atom stereocenters. The van der Waals surface area contributed by atoms with Gasteiger partial charge in [-0.2, -0.15) is 0 Å². The summed E-state index contributed by atoms with van der Waals surface area (Å²) in [4.78, 5) is 0. The van der Waals surface area contributed by atoms with E-state index in [1.165, 1.54) is 16.5 Å². The number of fused-ring (bicyclic) bond motifs is 1. The molecule has 2 nitrogen and oxygen atoms in total. The van der Waals surface area contributed by atoms with Crippen LogP contribution in [0.4, 0.5) is 0 Å². The lowest BCUT2D eigenvalue weighted by Crippen LogP contribution is -2.00. The molecule has 1 heterocycles. The second-order valence-electron chi connectivity index (χ2n) is 4.36. The topological polar surface area (TPSA) is 30.9 Å². The lowest BCUT2D eigenvalue weighted by atomic mass is 10.1. The van der Waals surface area contributed by atoms with Gasteiger partial charge >= 0.3 is 0 Å². The van der Waals surface area contributed by atoms with Crippen LogP contribution in [-0.2, 0) is 7.05 Å². The monoisotopic (exact) mass is 220 g/mol. The fourth-order valence-electron chi connectivity index (χ4n) is 2.26. The Morgan fingerprint density at radius 1 is 1.47 bits per heavy atom. The van der Waals surface area contributed by atoms with Gasteiger partial charge in [0.25, 0.3) is 0 Å². The maximum atomic E-state index is 5.99. The molecule has 15 heavy (non-hydrogen) atoms. The Hall–Kier alpha value is -0.990. The van der Waals surface area contributed by atoms with Crippen LogP contribution >= 0.6 is 11.6 Å². The number of hydrogen-bond donors (Lipinski definition) is 1. The molecule has 1 aromatic heterocycles. The van der Waals surface area contributed by atoms with E-state index in [0.717, 1.165) is 11.4 Å². The molecule has 1 fully saturated rings. The Morgan fingerprint density at radius 2 is 2.20 bits per heavy atom. The average Bonchev–Trinajstić information content (AvgIpc) is 2.83. The van der Waals surface area contributed by atoms with Gasteiger partial charge in [0.15, 0.2) is 0 Å². The number of hydrogen-bond acceptors (Lipinski definition) is 1. The molecular formula is C12H13ClN2. The first-order valence-corrected chi connectivity index (χ1v) is 5.54.